The van der Waals surface area contributed by atoms with Gasteiger partial charge in [-0.2, -0.15) is 4.99 Å². The molecule has 4 aliphatic rings. The molecule has 0 bridgehead atoms. The predicted octanol–water partition coefficient (Wildman–Crippen LogP) is 2.68. The Morgan fingerprint density at radius 3 is 2.57 bits per heavy atom. The Kier molecular flexibility index (Phi) is 5.80. The fourth-order valence-corrected chi connectivity index (χ4v) is 5.21. The molecule has 2 saturated carbocycles. The Balaban J connectivity index is 1.57. The van der Waals surface area contributed by atoms with Gasteiger partial charge in [-0.3, -0.25) is 14.4 Å². The van der Waals surface area contributed by atoms with Gasteiger partial charge in [0.15, 0.2) is 0 Å². The molecule has 7 heteroatoms. The Bertz CT molecular complexity index is 818. The molecule has 1 unspecified atom stereocenters. The van der Waals surface area contributed by atoms with Gasteiger partial charge in [-0.1, -0.05) is 25.7 Å². The van der Waals surface area contributed by atoms with Gasteiger partial charge < -0.3 is 15.1 Å². The lowest BCUT2D eigenvalue weighted by Crippen LogP contribution is -2.63. The Morgan fingerprint density at radius 1 is 1.20 bits per heavy atom. The number of carbonyl (C=O) groups excluding carboxylic acids is 3. The number of allylic oxidation sites excluding steroid dienone is 2. The van der Waals surface area contributed by atoms with Gasteiger partial charge in [0.25, 0.3) is 5.91 Å². The van der Waals surface area contributed by atoms with Crippen LogP contribution in [0.25, 0.3) is 0 Å². The van der Waals surface area contributed by atoms with Gasteiger partial charge in [0.1, 0.15) is 11.4 Å². The molecule has 4 rings (SSSR count). The summed E-state index contributed by atoms with van der Waals surface area (Å²) in [4.78, 5) is 46.8. The fraction of sp³-hybridized carbons (Fsp3) is 0.652. The molecule has 2 fully saturated rings. The van der Waals surface area contributed by atoms with E-state index in [4.69, 9.17) is 0 Å². The summed E-state index contributed by atoms with van der Waals surface area (Å²) in [6, 6.07) is 0.272. The maximum Gasteiger partial charge on any atom is 0.250 e. The highest BCUT2D eigenvalue weighted by atomic mass is 16.2. The first-order chi connectivity index (χ1) is 14.4. The second-order valence-electron chi connectivity index (χ2n) is 9.31. The Hall–Kier alpha value is -2.44. The minimum atomic E-state index is -1.07. The van der Waals surface area contributed by atoms with Crippen LogP contribution in [0.3, 0.4) is 0 Å². The number of amidine groups is 1. The largest absolute Gasteiger partial charge is 0.352 e. The molecular weight excluding hydrogens is 380 g/mol. The second-order valence-corrected chi connectivity index (χ2v) is 9.31. The first-order valence-corrected chi connectivity index (χ1v) is 11.2. The van der Waals surface area contributed by atoms with Crippen LogP contribution in [-0.4, -0.2) is 57.5 Å². The topological polar surface area (TPSA) is 82.1 Å². The average Bonchev–Trinajstić information content (AvgIpc) is 3.39. The van der Waals surface area contributed by atoms with Crippen LogP contribution < -0.4 is 5.32 Å². The molecule has 2 aliphatic carbocycles. The zero-order chi connectivity index (χ0) is 21.3. The van der Waals surface area contributed by atoms with Crippen LogP contribution in [-0.2, 0) is 14.4 Å². The van der Waals surface area contributed by atoms with Crippen LogP contribution in [0.4, 0.5) is 0 Å². The Morgan fingerprint density at radius 2 is 1.87 bits per heavy atom. The van der Waals surface area contributed by atoms with Gasteiger partial charge in [-0.15, -0.1) is 0 Å². The van der Waals surface area contributed by atoms with Crippen molar-refractivity contribution in [1.29, 1.82) is 0 Å². The zero-order valence-electron chi connectivity index (χ0n) is 18.0. The van der Waals surface area contributed by atoms with Gasteiger partial charge in [0.2, 0.25) is 11.8 Å². The van der Waals surface area contributed by atoms with E-state index in [1.165, 1.54) is 0 Å². The average molecular weight is 413 g/mol. The number of nitrogens with one attached hydrogen (secondary N) is 1. The van der Waals surface area contributed by atoms with Crippen LogP contribution in [0.5, 0.6) is 0 Å². The highest BCUT2D eigenvalue weighted by molar-refractivity contribution is 6.10. The van der Waals surface area contributed by atoms with E-state index in [-0.39, 0.29) is 42.8 Å². The van der Waals surface area contributed by atoms with Gasteiger partial charge >= 0.3 is 0 Å². The summed E-state index contributed by atoms with van der Waals surface area (Å²) < 4.78 is 0. The number of rotatable bonds is 5. The molecule has 2 aliphatic heterocycles. The van der Waals surface area contributed by atoms with E-state index in [0.29, 0.717) is 5.84 Å². The second kappa shape index (κ2) is 8.36. The van der Waals surface area contributed by atoms with E-state index >= 15 is 0 Å². The standard InChI is InChI=1S/C23H32N4O3/c1-16-11-12-27-19(13-16)25-20(28)14-23(27,2)22(30)26(18-9-5-6-10-18)15-21(29)24-17-7-3-4-8-17/h11-13,17-18H,3-10,14-15H2,1-2H3,(H,24,29). The van der Waals surface area contributed by atoms with Crippen molar-refractivity contribution in [2.45, 2.75) is 89.3 Å². The number of carbonyl (C=O) groups is 3. The first kappa shape index (κ1) is 20.8. The molecule has 1 N–H and O–H groups in total. The minimum absolute atomic E-state index is 0.0139. The third-order valence-electron chi connectivity index (χ3n) is 6.88. The van der Waals surface area contributed by atoms with Crippen LogP contribution in [0.15, 0.2) is 28.9 Å². The predicted molar refractivity (Wildman–Crippen MR) is 115 cm³/mol. The van der Waals surface area contributed by atoms with E-state index < -0.39 is 5.54 Å². The molecule has 2 heterocycles. The number of hydrogen-bond donors (Lipinski definition) is 1. The van der Waals surface area contributed by atoms with Crippen LogP contribution in [0, 0.1) is 0 Å². The van der Waals surface area contributed by atoms with Gasteiger partial charge in [0.05, 0.1) is 13.0 Å². The number of amides is 3. The summed E-state index contributed by atoms with van der Waals surface area (Å²) in [5.74, 6) is -0.0388. The Labute approximate surface area is 178 Å². The molecule has 0 radical (unpaired) electrons. The van der Waals surface area contributed by atoms with E-state index in [1.807, 2.05) is 25.3 Å². The highest BCUT2D eigenvalue weighted by Crippen LogP contribution is 2.33. The highest BCUT2D eigenvalue weighted by Gasteiger charge is 2.49. The summed E-state index contributed by atoms with van der Waals surface area (Å²) in [6.45, 7) is 3.80. The summed E-state index contributed by atoms with van der Waals surface area (Å²) in [7, 11) is 0. The third-order valence-corrected chi connectivity index (χ3v) is 6.88. The van der Waals surface area contributed by atoms with Crippen molar-refractivity contribution in [2.75, 3.05) is 6.54 Å². The zero-order valence-corrected chi connectivity index (χ0v) is 18.0. The van der Waals surface area contributed by atoms with Gasteiger partial charge in [-0.25, -0.2) is 0 Å². The summed E-state index contributed by atoms with van der Waals surface area (Å²) in [5.41, 5.74) is -0.0870. The maximum atomic E-state index is 13.9. The third kappa shape index (κ3) is 4.07. The molecular formula is C23H32N4O3. The van der Waals surface area contributed by atoms with Crippen LogP contribution in [0.2, 0.25) is 0 Å². The first-order valence-electron chi connectivity index (χ1n) is 11.2. The molecule has 1 atom stereocenters. The van der Waals surface area contributed by atoms with Crippen molar-refractivity contribution in [3.63, 3.8) is 0 Å². The molecule has 0 aromatic heterocycles. The van der Waals surface area contributed by atoms with Crippen molar-refractivity contribution in [1.82, 2.24) is 15.1 Å². The minimum Gasteiger partial charge on any atom is -0.352 e. The van der Waals surface area contributed by atoms with Crippen molar-refractivity contribution >= 4 is 23.6 Å². The van der Waals surface area contributed by atoms with Crippen molar-refractivity contribution in [3.05, 3.63) is 23.9 Å². The number of nitrogens with zero attached hydrogens (tertiary/aromatic N) is 3. The molecule has 7 nitrogen and oxygen atoms in total. The molecule has 3 amide bonds. The van der Waals surface area contributed by atoms with E-state index in [1.54, 1.807) is 16.7 Å². The van der Waals surface area contributed by atoms with Crippen LogP contribution in [0.1, 0.15) is 71.6 Å². The normalized spacial score (nSPS) is 27.0. The molecule has 30 heavy (non-hydrogen) atoms. The molecule has 0 saturated heterocycles. The monoisotopic (exact) mass is 412 g/mol. The maximum absolute atomic E-state index is 13.9. The lowest BCUT2D eigenvalue weighted by Gasteiger charge is -2.45. The van der Waals surface area contributed by atoms with Crippen molar-refractivity contribution < 1.29 is 14.4 Å². The lowest BCUT2D eigenvalue weighted by atomic mass is 9.89. The quantitative estimate of drug-likeness (QED) is 0.753. The van der Waals surface area contributed by atoms with Crippen molar-refractivity contribution in [2.24, 2.45) is 4.99 Å². The van der Waals surface area contributed by atoms with E-state index in [9.17, 15) is 14.4 Å². The van der Waals surface area contributed by atoms with E-state index in [0.717, 1.165) is 56.9 Å². The van der Waals surface area contributed by atoms with Gasteiger partial charge in [0, 0.05) is 18.3 Å². The number of hydrogen-bond acceptors (Lipinski definition) is 4. The SMILES string of the molecule is CC1=CC2=NC(=O)CC(C)(C(=O)N(CC(=O)NC3CCCC3)C3CCCC3)N2C=C1. The fourth-order valence-electron chi connectivity index (χ4n) is 5.21. The summed E-state index contributed by atoms with van der Waals surface area (Å²) in [6.07, 6.45) is 13.9. The van der Waals surface area contributed by atoms with Crippen LogP contribution >= 0.6 is 0 Å². The van der Waals surface area contributed by atoms with E-state index in [2.05, 4.69) is 10.3 Å². The molecule has 0 aromatic rings. The summed E-state index contributed by atoms with van der Waals surface area (Å²) in [5, 5.41) is 3.11. The number of fused-ring (bicyclic) bond motifs is 1. The molecule has 0 aromatic carbocycles. The van der Waals surface area contributed by atoms with Crippen molar-refractivity contribution in [3.8, 4) is 0 Å². The molecule has 0 spiro atoms. The summed E-state index contributed by atoms with van der Waals surface area (Å²) >= 11 is 0. The number of aliphatic imine (C=N–C) groups is 1. The smallest absolute Gasteiger partial charge is 0.250 e. The molecule has 162 valence electrons. The lowest BCUT2D eigenvalue weighted by molar-refractivity contribution is -0.148. The van der Waals surface area contributed by atoms with Gasteiger partial charge in [-0.05, 0) is 57.3 Å².